The minimum Gasteiger partial charge on any atom is -0.493 e. The number of carbonyl (C=O) groups is 2. The topological polar surface area (TPSA) is 66.8 Å². The molecule has 5 nitrogen and oxygen atoms in total. The number of likely N-dealkylation sites (tertiary alicyclic amines) is 1. The van der Waals surface area contributed by atoms with Gasteiger partial charge < -0.3 is 14.7 Å². The maximum absolute atomic E-state index is 12.3. The van der Waals surface area contributed by atoms with Gasteiger partial charge in [0.25, 0.3) is 0 Å². The van der Waals surface area contributed by atoms with Gasteiger partial charge in [0, 0.05) is 19.0 Å². The summed E-state index contributed by atoms with van der Waals surface area (Å²) < 4.78 is 5.45. The molecule has 3 rings (SSSR count). The first-order valence-corrected chi connectivity index (χ1v) is 7.62. The number of rotatable bonds is 3. The average Bonchev–Trinajstić information content (AvgIpc) is 3.00. The molecule has 0 saturated carbocycles. The summed E-state index contributed by atoms with van der Waals surface area (Å²) in [6, 6.07) is 5.13. The summed E-state index contributed by atoms with van der Waals surface area (Å²) in [5, 5.41) is 9.22. The van der Waals surface area contributed by atoms with Crippen molar-refractivity contribution in [1.29, 1.82) is 0 Å². The number of piperidine rings is 1. The Kier molecular flexibility index (Phi) is 4.13. The summed E-state index contributed by atoms with van der Waals surface area (Å²) in [6.45, 7) is 1.22. The number of fused-ring (bicyclic) bond motifs is 1. The van der Waals surface area contributed by atoms with E-state index in [9.17, 15) is 14.7 Å². The predicted molar refractivity (Wildman–Crippen MR) is 81.7 cm³/mol. The van der Waals surface area contributed by atoms with Gasteiger partial charge in [-0.3, -0.25) is 4.79 Å². The van der Waals surface area contributed by atoms with E-state index in [1.807, 2.05) is 18.2 Å². The number of nitrogens with zero attached hydrogens (tertiary/aromatic N) is 1. The number of amides is 1. The first-order valence-electron chi connectivity index (χ1n) is 7.62. The zero-order chi connectivity index (χ0) is 15.5. The molecule has 1 N–H and O–H groups in total. The van der Waals surface area contributed by atoms with E-state index in [-0.39, 0.29) is 5.91 Å². The summed E-state index contributed by atoms with van der Waals surface area (Å²) in [7, 11) is 0. The molecule has 0 aromatic heterocycles. The summed E-state index contributed by atoms with van der Waals surface area (Å²) in [4.78, 5) is 25.0. The molecule has 5 heteroatoms. The highest BCUT2D eigenvalue weighted by Gasteiger charge is 2.30. The third-order valence-electron chi connectivity index (χ3n) is 4.20. The van der Waals surface area contributed by atoms with Crippen LogP contribution in [0.3, 0.4) is 0 Å². The molecule has 116 valence electrons. The maximum Gasteiger partial charge on any atom is 0.326 e. The highest BCUT2D eigenvalue weighted by molar-refractivity contribution is 5.94. The van der Waals surface area contributed by atoms with E-state index < -0.39 is 12.0 Å². The Morgan fingerprint density at radius 3 is 3.00 bits per heavy atom. The van der Waals surface area contributed by atoms with Gasteiger partial charge >= 0.3 is 5.97 Å². The Morgan fingerprint density at radius 1 is 1.32 bits per heavy atom. The summed E-state index contributed by atoms with van der Waals surface area (Å²) in [6.07, 6.45) is 6.35. The zero-order valence-corrected chi connectivity index (χ0v) is 12.3. The Hall–Kier alpha value is -2.30. The largest absolute Gasteiger partial charge is 0.493 e. The molecule has 2 aliphatic heterocycles. The first kappa shape index (κ1) is 14.6. The summed E-state index contributed by atoms with van der Waals surface area (Å²) in [5.41, 5.74) is 2.08. The van der Waals surface area contributed by atoms with Gasteiger partial charge in [0.2, 0.25) is 5.91 Å². The van der Waals surface area contributed by atoms with Crippen molar-refractivity contribution in [1.82, 2.24) is 4.90 Å². The number of aliphatic carboxylic acids is 1. The molecule has 0 spiro atoms. The normalized spacial score (nSPS) is 20.7. The van der Waals surface area contributed by atoms with Crippen molar-refractivity contribution < 1.29 is 19.4 Å². The fourth-order valence-electron chi connectivity index (χ4n) is 3.03. The first-order chi connectivity index (χ1) is 10.6. The van der Waals surface area contributed by atoms with E-state index in [2.05, 4.69) is 0 Å². The van der Waals surface area contributed by atoms with Crippen LogP contribution < -0.4 is 4.74 Å². The molecule has 1 saturated heterocycles. The van der Waals surface area contributed by atoms with Crippen LogP contribution in [0.25, 0.3) is 6.08 Å². The summed E-state index contributed by atoms with van der Waals surface area (Å²) in [5.74, 6) is -0.245. The SMILES string of the molecule is O=C(O)[C@H]1CCCCN1C(=O)/C=C/c1ccc2c(c1)CCO2. The lowest BCUT2D eigenvalue weighted by Crippen LogP contribution is -2.47. The molecule has 22 heavy (non-hydrogen) atoms. The molecular weight excluding hydrogens is 282 g/mol. The van der Waals surface area contributed by atoms with Crippen LogP contribution in [-0.2, 0) is 16.0 Å². The van der Waals surface area contributed by atoms with E-state index >= 15 is 0 Å². The highest BCUT2D eigenvalue weighted by atomic mass is 16.5. The number of hydrogen-bond acceptors (Lipinski definition) is 3. The van der Waals surface area contributed by atoms with Crippen molar-refractivity contribution in [2.75, 3.05) is 13.2 Å². The lowest BCUT2D eigenvalue weighted by molar-refractivity contribution is -0.150. The quantitative estimate of drug-likeness (QED) is 0.868. The Morgan fingerprint density at radius 2 is 2.18 bits per heavy atom. The van der Waals surface area contributed by atoms with Crippen molar-refractivity contribution in [2.24, 2.45) is 0 Å². The lowest BCUT2D eigenvalue weighted by atomic mass is 10.0. The van der Waals surface area contributed by atoms with Crippen molar-refractivity contribution in [2.45, 2.75) is 31.7 Å². The molecule has 0 aliphatic carbocycles. The van der Waals surface area contributed by atoms with Crippen molar-refractivity contribution in [3.63, 3.8) is 0 Å². The van der Waals surface area contributed by atoms with Crippen LogP contribution in [0.15, 0.2) is 24.3 Å². The number of carboxylic acids is 1. The van der Waals surface area contributed by atoms with Gasteiger partial charge in [0.15, 0.2) is 0 Å². The molecule has 1 fully saturated rings. The second-order valence-electron chi connectivity index (χ2n) is 5.68. The molecule has 0 unspecified atom stereocenters. The standard InChI is InChI=1S/C17H19NO4/c19-16(18-9-2-1-3-14(18)17(20)21)7-5-12-4-6-15-13(11-12)8-10-22-15/h4-7,11,14H,1-3,8-10H2,(H,20,21)/b7-5+/t14-/m1/s1. The van der Waals surface area contributed by atoms with Gasteiger partial charge in [0.1, 0.15) is 11.8 Å². The molecule has 0 bridgehead atoms. The molecular formula is C17H19NO4. The van der Waals surface area contributed by atoms with E-state index in [0.717, 1.165) is 36.1 Å². The highest BCUT2D eigenvalue weighted by Crippen LogP contribution is 2.26. The average molecular weight is 301 g/mol. The van der Waals surface area contributed by atoms with Crippen LogP contribution in [0.4, 0.5) is 0 Å². The predicted octanol–water partition coefficient (Wildman–Crippen LogP) is 2.10. The monoisotopic (exact) mass is 301 g/mol. The van der Waals surface area contributed by atoms with Crippen LogP contribution in [0.1, 0.15) is 30.4 Å². The maximum atomic E-state index is 12.3. The zero-order valence-electron chi connectivity index (χ0n) is 12.3. The Balaban J connectivity index is 1.71. The molecule has 1 aromatic rings. The third kappa shape index (κ3) is 2.98. The molecule has 1 atom stereocenters. The second-order valence-corrected chi connectivity index (χ2v) is 5.68. The van der Waals surface area contributed by atoms with E-state index in [1.54, 1.807) is 6.08 Å². The van der Waals surface area contributed by atoms with Gasteiger partial charge in [-0.25, -0.2) is 4.79 Å². The van der Waals surface area contributed by atoms with Crippen LogP contribution in [0.2, 0.25) is 0 Å². The second kappa shape index (κ2) is 6.22. The Labute approximate surface area is 129 Å². The number of benzene rings is 1. The number of hydrogen-bond donors (Lipinski definition) is 1. The van der Waals surface area contributed by atoms with Crippen molar-refractivity contribution in [3.05, 3.63) is 35.4 Å². The van der Waals surface area contributed by atoms with E-state index in [4.69, 9.17) is 4.74 Å². The van der Waals surface area contributed by atoms with Crippen LogP contribution in [0.5, 0.6) is 5.75 Å². The fraction of sp³-hybridized carbons (Fsp3) is 0.412. The lowest BCUT2D eigenvalue weighted by Gasteiger charge is -2.32. The molecule has 2 heterocycles. The van der Waals surface area contributed by atoms with Gasteiger partial charge in [-0.2, -0.15) is 0 Å². The number of ether oxygens (including phenoxy) is 1. The Bertz CT molecular complexity index is 623. The van der Waals surface area contributed by atoms with Crippen molar-refractivity contribution in [3.8, 4) is 5.75 Å². The van der Waals surface area contributed by atoms with Crippen molar-refractivity contribution >= 4 is 18.0 Å². The van der Waals surface area contributed by atoms with Gasteiger partial charge in [0.05, 0.1) is 6.61 Å². The molecule has 1 amide bonds. The van der Waals surface area contributed by atoms with Crippen LogP contribution >= 0.6 is 0 Å². The molecule has 0 radical (unpaired) electrons. The van der Waals surface area contributed by atoms with E-state index in [0.29, 0.717) is 19.6 Å². The van der Waals surface area contributed by atoms with E-state index in [1.165, 1.54) is 11.0 Å². The minimum atomic E-state index is -0.920. The number of carboxylic acid groups (broad SMARTS) is 1. The molecule has 1 aromatic carbocycles. The summed E-state index contributed by atoms with van der Waals surface area (Å²) >= 11 is 0. The van der Waals surface area contributed by atoms with Crippen LogP contribution in [-0.4, -0.2) is 41.1 Å². The number of carbonyl (C=O) groups excluding carboxylic acids is 1. The third-order valence-corrected chi connectivity index (χ3v) is 4.20. The van der Waals surface area contributed by atoms with Gasteiger partial charge in [-0.05, 0) is 48.6 Å². The van der Waals surface area contributed by atoms with Crippen LogP contribution in [0, 0.1) is 0 Å². The molecule has 2 aliphatic rings. The minimum absolute atomic E-state index is 0.233. The smallest absolute Gasteiger partial charge is 0.326 e. The fourth-order valence-corrected chi connectivity index (χ4v) is 3.03. The van der Waals surface area contributed by atoms with Gasteiger partial charge in [-0.1, -0.05) is 6.07 Å². The van der Waals surface area contributed by atoms with Gasteiger partial charge in [-0.15, -0.1) is 0 Å².